The molecule has 1 saturated heterocycles. The Hall–Kier alpha value is -4.75. The van der Waals surface area contributed by atoms with E-state index >= 15 is 0 Å². The molecule has 2 aliphatic heterocycles. The van der Waals surface area contributed by atoms with E-state index in [4.69, 9.17) is 4.98 Å². The zero-order chi connectivity index (χ0) is 39.1. The third kappa shape index (κ3) is 10.1. The molecule has 4 amide bonds. The molecule has 2 aromatic carbocycles. The van der Waals surface area contributed by atoms with E-state index in [9.17, 15) is 33.1 Å². The average molecular weight is 759 g/mol. The molecule has 0 unspecified atom stereocenters. The Labute approximate surface area is 321 Å². The second-order valence-electron chi connectivity index (χ2n) is 15.3. The number of amides is 4. The molecule has 13 heteroatoms. The van der Waals surface area contributed by atoms with Gasteiger partial charge < -0.3 is 15.3 Å². The first-order chi connectivity index (χ1) is 26.4. The van der Waals surface area contributed by atoms with Crippen LogP contribution in [-0.4, -0.2) is 111 Å². The van der Waals surface area contributed by atoms with Gasteiger partial charge in [0.2, 0.25) is 11.8 Å². The number of nitrogens with zero attached hydrogens (tertiary/aromatic N) is 5. The lowest BCUT2D eigenvalue weighted by atomic mass is 9.86. The highest BCUT2D eigenvalue weighted by molar-refractivity contribution is 6.21. The summed E-state index contributed by atoms with van der Waals surface area (Å²) in [6, 6.07) is 17.9. The molecule has 0 radical (unpaired) electrons. The Balaban J connectivity index is 1.11. The van der Waals surface area contributed by atoms with Crippen molar-refractivity contribution in [2.45, 2.75) is 83.3 Å². The van der Waals surface area contributed by atoms with Crippen LogP contribution in [-0.2, 0) is 11.3 Å². The van der Waals surface area contributed by atoms with Crippen molar-refractivity contribution in [3.8, 4) is 0 Å². The molecule has 3 aliphatic rings. The van der Waals surface area contributed by atoms with E-state index < -0.39 is 17.9 Å². The molecule has 1 aromatic heterocycles. The monoisotopic (exact) mass is 758 g/mol. The lowest BCUT2D eigenvalue weighted by Crippen LogP contribution is -2.58. The van der Waals surface area contributed by atoms with Crippen molar-refractivity contribution in [2.24, 2.45) is 5.92 Å². The molecule has 2 atom stereocenters. The number of aromatic nitrogens is 1. The van der Waals surface area contributed by atoms with Crippen molar-refractivity contribution < 1.29 is 33.1 Å². The summed E-state index contributed by atoms with van der Waals surface area (Å²) in [6.45, 7) is 7.85. The van der Waals surface area contributed by atoms with Crippen LogP contribution in [0.3, 0.4) is 0 Å². The van der Waals surface area contributed by atoms with Crippen LogP contribution in [0, 0.1) is 19.8 Å². The molecule has 3 heterocycles. The smallest absolute Gasteiger partial charge is 0.407 e. The number of hydrogen-bond acceptors (Lipinski definition) is 7. The first-order valence-corrected chi connectivity index (χ1v) is 19.4. The predicted molar refractivity (Wildman–Crippen MR) is 204 cm³/mol. The molecule has 6 rings (SSSR count). The van der Waals surface area contributed by atoms with Gasteiger partial charge >= 0.3 is 6.09 Å². The summed E-state index contributed by atoms with van der Waals surface area (Å²) in [6.07, 6.45) is 2.47. The third-order valence-electron chi connectivity index (χ3n) is 11.3. The quantitative estimate of drug-likeness (QED) is 0.136. The largest absolute Gasteiger partial charge is 0.465 e. The zero-order valence-electron chi connectivity index (χ0n) is 31.8. The molecular formula is C42H52F2N6O5. The molecule has 3 aromatic rings. The fraction of sp³-hybridized carbons (Fsp3) is 0.500. The van der Waals surface area contributed by atoms with E-state index in [0.29, 0.717) is 82.7 Å². The van der Waals surface area contributed by atoms with Gasteiger partial charge in [-0.2, -0.15) is 0 Å². The van der Waals surface area contributed by atoms with Crippen LogP contribution in [0.1, 0.15) is 94.1 Å². The number of unbranched alkanes of at least 4 members (excludes halogenated alkanes) is 1. The number of rotatable bonds is 15. The minimum atomic E-state index is -2.71. The molecule has 55 heavy (non-hydrogen) atoms. The van der Waals surface area contributed by atoms with Gasteiger partial charge in [0.05, 0.1) is 28.9 Å². The summed E-state index contributed by atoms with van der Waals surface area (Å²) in [7, 11) is 0. The highest BCUT2D eigenvalue weighted by atomic mass is 19.3. The van der Waals surface area contributed by atoms with E-state index in [-0.39, 0.29) is 55.5 Å². The summed E-state index contributed by atoms with van der Waals surface area (Å²) in [5, 5.41) is 13.4. The number of fused-ring (bicyclic) bond motifs is 1. The Morgan fingerprint density at radius 1 is 0.964 bits per heavy atom. The number of carbonyl (C=O) groups is 4. The molecule has 294 valence electrons. The maximum atomic E-state index is 13.8. The van der Waals surface area contributed by atoms with Crippen LogP contribution in [0.15, 0.2) is 66.9 Å². The van der Waals surface area contributed by atoms with Gasteiger partial charge in [-0.25, -0.2) is 13.6 Å². The van der Waals surface area contributed by atoms with Crippen LogP contribution in [0.2, 0.25) is 0 Å². The molecule has 1 saturated carbocycles. The lowest BCUT2D eigenvalue weighted by Gasteiger charge is -2.42. The van der Waals surface area contributed by atoms with Gasteiger partial charge in [-0.1, -0.05) is 48.5 Å². The Bertz CT molecular complexity index is 1800. The Morgan fingerprint density at radius 2 is 1.64 bits per heavy atom. The first-order valence-electron chi connectivity index (χ1n) is 19.4. The van der Waals surface area contributed by atoms with Gasteiger partial charge in [-0.15, -0.1) is 0 Å². The maximum absolute atomic E-state index is 13.8. The van der Waals surface area contributed by atoms with Gasteiger partial charge in [0, 0.05) is 70.8 Å². The molecule has 0 spiro atoms. The number of imide groups is 1. The predicted octanol–water partition coefficient (Wildman–Crippen LogP) is 6.31. The van der Waals surface area contributed by atoms with Crippen molar-refractivity contribution >= 4 is 23.8 Å². The Morgan fingerprint density at radius 3 is 2.29 bits per heavy atom. The fourth-order valence-electron chi connectivity index (χ4n) is 8.14. The van der Waals surface area contributed by atoms with Crippen LogP contribution in [0.5, 0.6) is 0 Å². The number of hydrogen-bond donors (Lipinski definition) is 2. The van der Waals surface area contributed by atoms with Crippen molar-refractivity contribution in [1.29, 1.82) is 0 Å². The molecule has 2 fully saturated rings. The van der Waals surface area contributed by atoms with E-state index in [1.54, 1.807) is 24.3 Å². The highest BCUT2D eigenvalue weighted by Crippen LogP contribution is 2.36. The molecule has 11 nitrogen and oxygen atoms in total. The van der Waals surface area contributed by atoms with Crippen molar-refractivity contribution in [2.75, 3.05) is 45.8 Å². The summed E-state index contributed by atoms with van der Waals surface area (Å²) in [4.78, 5) is 63.7. The first kappa shape index (κ1) is 39.9. The van der Waals surface area contributed by atoms with Crippen molar-refractivity contribution in [1.82, 2.24) is 29.9 Å². The van der Waals surface area contributed by atoms with Gasteiger partial charge in [-0.05, 0) is 81.3 Å². The van der Waals surface area contributed by atoms with Crippen LogP contribution in [0.4, 0.5) is 13.6 Å². The van der Waals surface area contributed by atoms with Gasteiger partial charge in [-0.3, -0.25) is 34.1 Å². The highest BCUT2D eigenvalue weighted by Gasteiger charge is 2.38. The molecule has 0 bridgehead atoms. The number of carbonyl (C=O) groups excluding carboxylic acids is 3. The van der Waals surface area contributed by atoms with Crippen molar-refractivity contribution in [3.05, 3.63) is 100 Å². The number of alkyl halides is 2. The molecule has 1 aliphatic carbocycles. The minimum Gasteiger partial charge on any atom is -0.465 e. The van der Waals surface area contributed by atoms with Gasteiger partial charge in [0.25, 0.3) is 11.8 Å². The number of carboxylic acid groups (broad SMARTS) is 1. The minimum absolute atomic E-state index is 0.163. The number of nitrogens with one attached hydrogen (secondary N) is 1. The van der Waals surface area contributed by atoms with Crippen LogP contribution in [0.25, 0.3) is 0 Å². The second-order valence-corrected chi connectivity index (χ2v) is 15.3. The SMILES string of the molecule is Cc1cnc(CN(CCCCN2C(=O)c3ccccc3C2=O)C[C@H]2CN(CC[C@H](NC(=O)C3CCC(F)(F)CC3)c3ccccc3)CCN2C(=O)O)c(C)c1. The zero-order valence-corrected chi connectivity index (χ0v) is 31.8. The number of halogens is 2. The van der Waals surface area contributed by atoms with Gasteiger partial charge in [0.1, 0.15) is 0 Å². The summed E-state index contributed by atoms with van der Waals surface area (Å²) >= 11 is 0. The normalized spacial score (nSPS) is 19.5. The standard InChI is InChI=1S/C42H52F2N6O5/c1-29-24-30(2)37(45-25-29)28-48(19-8-9-20-50-39(52)34-12-6-7-13-35(34)40(50)53)27-33-26-47(22-23-49(33)41(54)55)21-16-36(31-10-4-3-5-11-31)46-38(51)32-14-17-42(43,44)18-15-32/h3-7,10-13,24-25,32-33,36H,8-9,14-23,26-28H2,1-2H3,(H,46,51)(H,54,55)/t33-,36+/m1/s1. The molecule has 2 N–H and O–H groups in total. The maximum Gasteiger partial charge on any atom is 0.407 e. The Kier molecular flexibility index (Phi) is 12.9. The topological polar surface area (TPSA) is 126 Å². The summed E-state index contributed by atoms with van der Waals surface area (Å²) in [5.74, 6) is -3.90. The van der Waals surface area contributed by atoms with Crippen molar-refractivity contribution in [3.63, 3.8) is 0 Å². The third-order valence-corrected chi connectivity index (χ3v) is 11.3. The number of piperazine rings is 1. The van der Waals surface area contributed by atoms with E-state index in [1.807, 2.05) is 50.4 Å². The number of benzene rings is 2. The lowest BCUT2D eigenvalue weighted by molar-refractivity contribution is -0.130. The van der Waals surface area contributed by atoms with Gasteiger partial charge in [0.15, 0.2) is 0 Å². The second kappa shape index (κ2) is 17.8. The summed E-state index contributed by atoms with van der Waals surface area (Å²) in [5.41, 5.74) is 4.81. The number of aryl methyl sites for hydroxylation is 2. The summed E-state index contributed by atoms with van der Waals surface area (Å²) < 4.78 is 27.6. The van der Waals surface area contributed by atoms with E-state index in [2.05, 4.69) is 21.2 Å². The van der Waals surface area contributed by atoms with Crippen LogP contribution >= 0.6 is 0 Å². The molecular weight excluding hydrogens is 706 g/mol. The van der Waals surface area contributed by atoms with Crippen LogP contribution < -0.4 is 5.32 Å². The van der Waals surface area contributed by atoms with E-state index in [0.717, 1.165) is 22.4 Å². The number of pyridine rings is 1. The van der Waals surface area contributed by atoms with E-state index in [1.165, 1.54) is 9.80 Å². The average Bonchev–Trinajstić information content (AvgIpc) is 3.41. The fourth-order valence-corrected chi connectivity index (χ4v) is 8.14.